The summed E-state index contributed by atoms with van der Waals surface area (Å²) in [4.78, 5) is 49.8. The van der Waals surface area contributed by atoms with Gasteiger partial charge in [-0.15, -0.1) is 6.58 Å². The fourth-order valence-electron chi connectivity index (χ4n) is 4.02. The molecule has 1 N–H and O–H groups in total. The molecule has 11 heteroatoms. The number of hydrogen-bond donors (Lipinski definition) is 1. The molecule has 3 aromatic rings. The number of ether oxygens (including phenoxy) is 3. The third kappa shape index (κ3) is 6.87. The standard InChI is InChI=1S/C30H27NO9S/c1-4-6-21-13-19(14-24(38-5-2)26(21)39-17-18-7-9-20(10-8-18)28(33)34)15-25-27(32)31(30(36)41-25)16-22-11-12-23(40-22)29(35)37-3/h4,7-15H,1,5-6,16-17H2,2-3H3,(H,33,34)/b25-15+. The zero-order chi connectivity index (χ0) is 29.5. The van der Waals surface area contributed by atoms with Gasteiger partial charge in [0, 0.05) is 5.56 Å². The SMILES string of the molecule is C=CCc1cc(/C=C2/SC(=O)N(Cc3ccc(C(=O)OC)o3)C2=O)cc(OCC)c1OCc1ccc(C(=O)O)cc1. The molecular weight excluding hydrogens is 550 g/mol. The molecule has 1 fully saturated rings. The van der Waals surface area contributed by atoms with Gasteiger partial charge in [0.2, 0.25) is 5.76 Å². The molecule has 0 atom stereocenters. The van der Waals surface area contributed by atoms with E-state index >= 15 is 0 Å². The number of rotatable bonds is 12. The number of carboxylic acid groups (broad SMARTS) is 1. The van der Waals surface area contributed by atoms with Crippen molar-refractivity contribution in [2.75, 3.05) is 13.7 Å². The number of allylic oxidation sites excluding steroid dienone is 1. The molecule has 1 aliphatic rings. The Morgan fingerprint density at radius 2 is 1.85 bits per heavy atom. The minimum atomic E-state index is -1.01. The number of nitrogens with zero attached hydrogens (tertiary/aromatic N) is 1. The van der Waals surface area contributed by atoms with Crippen LogP contribution in [-0.4, -0.2) is 46.8 Å². The molecule has 1 aliphatic heterocycles. The van der Waals surface area contributed by atoms with E-state index in [0.29, 0.717) is 30.1 Å². The number of carbonyl (C=O) groups excluding carboxylic acids is 3. The van der Waals surface area contributed by atoms with Gasteiger partial charge in [0.05, 0.1) is 30.7 Å². The molecule has 0 bridgehead atoms. The number of hydrogen-bond acceptors (Lipinski definition) is 9. The van der Waals surface area contributed by atoms with Gasteiger partial charge in [-0.1, -0.05) is 18.2 Å². The molecule has 1 saturated heterocycles. The summed E-state index contributed by atoms with van der Waals surface area (Å²) >= 11 is 0.798. The van der Waals surface area contributed by atoms with E-state index in [2.05, 4.69) is 11.3 Å². The Balaban J connectivity index is 1.57. The summed E-state index contributed by atoms with van der Waals surface area (Å²) < 4.78 is 22.0. The molecule has 10 nitrogen and oxygen atoms in total. The summed E-state index contributed by atoms with van der Waals surface area (Å²) in [5.74, 6) is -0.975. The summed E-state index contributed by atoms with van der Waals surface area (Å²) in [5, 5.41) is 8.65. The van der Waals surface area contributed by atoms with Crippen molar-refractivity contribution in [3.63, 3.8) is 0 Å². The second kappa shape index (κ2) is 13.1. The lowest BCUT2D eigenvalue weighted by molar-refractivity contribution is -0.123. The van der Waals surface area contributed by atoms with E-state index < -0.39 is 23.1 Å². The minimum absolute atomic E-state index is 0.0252. The van der Waals surface area contributed by atoms with Crippen molar-refractivity contribution in [3.05, 3.63) is 99.9 Å². The monoisotopic (exact) mass is 577 g/mol. The molecule has 212 valence electrons. The van der Waals surface area contributed by atoms with Crippen LogP contribution in [0.15, 0.2) is 70.5 Å². The van der Waals surface area contributed by atoms with Crippen LogP contribution in [0.25, 0.3) is 6.08 Å². The van der Waals surface area contributed by atoms with Gasteiger partial charge < -0.3 is 23.7 Å². The third-order valence-corrected chi connectivity index (χ3v) is 6.84. The first-order valence-corrected chi connectivity index (χ1v) is 13.3. The molecule has 2 amide bonds. The molecule has 2 heterocycles. The summed E-state index contributed by atoms with van der Waals surface area (Å²) in [5.41, 5.74) is 2.33. The van der Waals surface area contributed by atoms with Crippen LogP contribution in [0.5, 0.6) is 11.5 Å². The highest BCUT2D eigenvalue weighted by atomic mass is 32.2. The maximum atomic E-state index is 13.1. The fraction of sp³-hybridized carbons (Fsp3) is 0.200. The summed E-state index contributed by atoms with van der Waals surface area (Å²) in [6, 6.07) is 12.9. The molecule has 4 rings (SSSR count). The highest BCUT2D eigenvalue weighted by Crippen LogP contribution is 2.38. The largest absolute Gasteiger partial charge is 0.490 e. The van der Waals surface area contributed by atoms with Crippen molar-refractivity contribution in [2.45, 2.75) is 26.5 Å². The number of furan rings is 1. The molecule has 1 aromatic heterocycles. The zero-order valence-corrected chi connectivity index (χ0v) is 23.2. The highest BCUT2D eigenvalue weighted by Gasteiger charge is 2.36. The van der Waals surface area contributed by atoms with Gasteiger partial charge in [0.25, 0.3) is 11.1 Å². The Morgan fingerprint density at radius 3 is 2.51 bits per heavy atom. The third-order valence-electron chi connectivity index (χ3n) is 5.94. The number of methoxy groups -OCH3 is 1. The number of carbonyl (C=O) groups is 4. The zero-order valence-electron chi connectivity index (χ0n) is 22.4. The first-order valence-electron chi connectivity index (χ1n) is 12.5. The molecular formula is C30H27NO9S. The van der Waals surface area contributed by atoms with E-state index in [1.807, 2.05) is 13.0 Å². The van der Waals surface area contributed by atoms with Crippen molar-refractivity contribution in [3.8, 4) is 11.5 Å². The molecule has 0 radical (unpaired) electrons. The van der Waals surface area contributed by atoms with Gasteiger partial charge in [0.1, 0.15) is 12.4 Å². The average molecular weight is 578 g/mol. The average Bonchev–Trinajstić information content (AvgIpc) is 3.53. The Bertz CT molecular complexity index is 1520. The molecule has 41 heavy (non-hydrogen) atoms. The Labute approximate surface area is 240 Å². The summed E-state index contributed by atoms with van der Waals surface area (Å²) in [6.45, 7) is 6.05. The highest BCUT2D eigenvalue weighted by molar-refractivity contribution is 8.18. The van der Waals surface area contributed by atoms with E-state index in [1.54, 1.807) is 30.4 Å². The second-order valence-electron chi connectivity index (χ2n) is 8.75. The molecule has 0 spiro atoms. The smallest absolute Gasteiger partial charge is 0.373 e. The lowest BCUT2D eigenvalue weighted by Crippen LogP contribution is -2.27. The van der Waals surface area contributed by atoms with Crippen LogP contribution in [0.3, 0.4) is 0 Å². The van der Waals surface area contributed by atoms with Crippen molar-refractivity contribution in [1.29, 1.82) is 0 Å². The van der Waals surface area contributed by atoms with Gasteiger partial charge in [0.15, 0.2) is 11.5 Å². The van der Waals surface area contributed by atoms with Crippen LogP contribution in [0.4, 0.5) is 4.79 Å². The van der Waals surface area contributed by atoms with Gasteiger partial charge in [-0.05, 0) is 78.7 Å². The van der Waals surface area contributed by atoms with Crippen molar-refractivity contribution in [2.24, 2.45) is 0 Å². The Morgan fingerprint density at radius 1 is 1.10 bits per heavy atom. The van der Waals surface area contributed by atoms with Gasteiger partial charge in [-0.2, -0.15) is 0 Å². The van der Waals surface area contributed by atoms with Crippen LogP contribution in [0.1, 0.15) is 50.3 Å². The van der Waals surface area contributed by atoms with Crippen LogP contribution >= 0.6 is 11.8 Å². The first-order chi connectivity index (χ1) is 19.7. The van der Waals surface area contributed by atoms with Crippen molar-refractivity contribution in [1.82, 2.24) is 4.90 Å². The maximum Gasteiger partial charge on any atom is 0.373 e. The second-order valence-corrected chi connectivity index (χ2v) is 9.74. The van der Waals surface area contributed by atoms with Gasteiger partial charge >= 0.3 is 11.9 Å². The van der Waals surface area contributed by atoms with Gasteiger partial charge in [-0.3, -0.25) is 14.5 Å². The lowest BCUT2D eigenvalue weighted by atomic mass is 10.0. The molecule has 0 unspecified atom stereocenters. The van der Waals surface area contributed by atoms with Crippen LogP contribution in [-0.2, 0) is 29.1 Å². The molecule has 2 aromatic carbocycles. The fourth-order valence-corrected chi connectivity index (χ4v) is 4.85. The van der Waals surface area contributed by atoms with Crippen molar-refractivity contribution < 1.29 is 42.9 Å². The van der Waals surface area contributed by atoms with Gasteiger partial charge in [-0.25, -0.2) is 9.59 Å². The Hall–Kier alpha value is -4.77. The normalized spacial score (nSPS) is 13.9. The van der Waals surface area contributed by atoms with E-state index in [1.165, 1.54) is 31.4 Å². The number of carboxylic acids is 1. The number of benzene rings is 2. The van der Waals surface area contributed by atoms with Crippen molar-refractivity contribution >= 4 is 40.9 Å². The van der Waals surface area contributed by atoms with E-state index in [9.17, 15) is 19.2 Å². The van der Waals surface area contributed by atoms with E-state index in [4.69, 9.17) is 19.0 Å². The maximum absolute atomic E-state index is 13.1. The van der Waals surface area contributed by atoms with E-state index in [-0.39, 0.29) is 35.1 Å². The van der Waals surface area contributed by atoms with Crippen LogP contribution in [0.2, 0.25) is 0 Å². The first kappa shape index (κ1) is 29.2. The summed E-state index contributed by atoms with van der Waals surface area (Å²) in [6.07, 6.45) is 3.76. The number of esters is 1. The minimum Gasteiger partial charge on any atom is -0.490 e. The number of thioether (sulfide) groups is 1. The summed E-state index contributed by atoms with van der Waals surface area (Å²) in [7, 11) is 1.23. The quantitative estimate of drug-likeness (QED) is 0.162. The van der Waals surface area contributed by atoms with E-state index in [0.717, 1.165) is 27.8 Å². The van der Waals surface area contributed by atoms with Crippen LogP contribution < -0.4 is 9.47 Å². The number of aromatic carboxylic acids is 1. The predicted octanol–water partition coefficient (Wildman–Crippen LogP) is 5.71. The number of amides is 2. The molecule has 0 aliphatic carbocycles. The predicted molar refractivity (Wildman–Crippen MR) is 151 cm³/mol. The Kier molecular flexibility index (Phi) is 9.30. The van der Waals surface area contributed by atoms with Crippen LogP contribution in [0, 0.1) is 0 Å². The lowest BCUT2D eigenvalue weighted by Gasteiger charge is -2.17. The number of imide groups is 1. The molecule has 0 saturated carbocycles. The topological polar surface area (TPSA) is 133 Å².